The van der Waals surface area contributed by atoms with Crippen LogP contribution in [0.15, 0.2) is 24.3 Å². The van der Waals surface area contributed by atoms with Crippen LogP contribution in [0.1, 0.15) is 28.7 Å². The van der Waals surface area contributed by atoms with Crippen molar-refractivity contribution in [2.45, 2.75) is 20.0 Å². The third-order valence-corrected chi connectivity index (χ3v) is 2.79. The molecule has 0 aliphatic rings. The summed E-state index contributed by atoms with van der Waals surface area (Å²) in [7, 11) is 1.73. The molecule has 0 radical (unpaired) electrons. The van der Waals surface area contributed by atoms with Crippen molar-refractivity contribution in [2.24, 2.45) is 7.05 Å². The van der Waals surface area contributed by atoms with E-state index in [2.05, 4.69) is 17.2 Å². The third-order valence-electron chi connectivity index (χ3n) is 2.79. The van der Waals surface area contributed by atoms with E-state index in [1.165, 1.54) is 5.56 Å². The van der Waals surface area contributed by atoms with E-state index in [0.29, 0.717) is 17.7 Å². The molecule has 1 aromatic carbocycles. The lowest BCUT2D eigenvalue weighted by Gasteiger charge is -2.07. The summed E-state index contributed by atoms with van der Waals surface area (Å²) in [6, 6.07) is 7.89. The van der Waals surface area contributed by atoms with Gasteiger partial charge in [0, 0.05) is 7.05 Å². The molecule has 0 fully saturated rings. The molecule has 0 saturated heterocycles. The van der Waals surface area contributed by atoms with E-state index in [-0.39, 0.29) is 6.61 Å². The Morgan fingerprint density at radius 3 is 2.67 bits per heavy atom. The van der Waals surface area contributed by atoms with E-state index in [9.17, 15) is 4.79 Å². The predicted molar refractivity (Wildman–Crippen MR) is 66.5 cm³/mol. The molecule has 5 nitrogen and oxygen atoms in total. The van der Waals surface area contributed by atoms with Crippen LogP contribution in [-0.2, 0) is 20.1 Å². The number of aromatic nitrogens is 3. The van der Waals surface area contributed by atoms with Crippen LogP contribution in [0.5, 0.6) is 5.75 Å². The van der Waals surface area contributed by atoms with Crippen molar-refractivity contribution in [3.8, 4) is 5.75 Å². The molecule has 0 N–H and O–H groups in total. The lowest BCUT2D eigenvalue weighted by molar-refractivity contribution is 0.111. The van der Waals surface area contributed by atoms with E-state index < -0.39 is 0 Å². The number of rotatable bonds is 5. The van der Waals surface area contributed by atoms with Crippen LogP contribution in [0, 0.1) is 0 Å². The first-order valence-corrected chi connectivity index (χ1v) is 5.80. The fourth-order valence-corrected chi connectivity index (χ4v) is 1.62. The van der Waals surface area contributed by atoms with Crippen LogP contribution >= 0.6 is 0 Å². The molecular weight excluding hydrogens is 230 g/mol. The summed E-state index contributed by atoms with van der Waals surface area (Å²) in [5, 5.41) is 7.52. The Hall–Kier alpha value is -2.17. The van der Waals surface area contributed by atoms with Gasteiger partial charge in [-0.05, 0) is 24.1 Å². The number of aryl methyl sites for hydroxylation is 2. The lowest BCUT2D eigenvalue weighted by atomic mass is 10.2. The van der Waals surface area contributed by atoms with Gasteiger partial charge in [0.2, 0.25) is 0 Å². The highest BCUT2D eigenvalue weighted by molar-refractivity contribution is 5.73. The molecule has 0 amide bonds. The minimum absolute atomic E-state index is 0.281. The Balaban J connectivity index is 2.06. The molecule has 0 bridgehead atoms. The summed E-state index contributed by atoms with van der Waals surface area (Å²) in [6.07, 6.45) is 1.69. The first kappa shape index (κ1) is 12.3. The van der Waals surface area contributed by atoms with E-state index >= 15 is 0 Å². The van der Waals surface area contributed by atoms with Gasteiger partial charge >= 0.3 is 0 Å². The zero-order valence-electron chi connectivity index (χ0n) is 10.5. The second-order valence-corrected chi connectivity index (χ2v) is 3.95. The topological polar surface area (TPSA) is 57.0 Å². The zero-order chi connectivity index (χ0) is 13.0. The van der Waals surface area contributed by atoms with Gasteiger partial charge in [-0.15, -0.1) is 5.10 Å². The Morgan fingerprint density at radius 1 is 1.33 bits per heavy atom. The second-order valence-electron chi connectivity index (χ2n) is 3.95. The summed E-state index contributed by atoms with van der Waals surface area (Å²) < 4.78 is 7.16. The Kier molecular flexibility index (Phi) is 3.72. The third kappa shape index (κ3) is 2.56. The summed E-state index contributed by atoms with van der Waals surface area (Å²) in [4.78, 5) is 10.8. The molecular formula is C13H15N3O2. The van der Waals surface area contributed by atoms with Gasteiger partial charge in [0.05, 0.1) is 0 Å². The molecule has 1 heterocycles. The fraction of sp³-hybridized carbons (Fsp3) is 0.308. The minimum Gasteiger partial charge on any atom is -0.487 e. The predicted octanol–water partition coefficient (Wildman–Crippen LogP) is 1.77. The molecule has 0 atom stereocenters. The highest BCUT2D eigenvalue weighted by atomic mass is 16.5. The average molecular weight is 245 g/mol. The number of ether oxygens (including phenoxy) is 1. The second kappa shape index (κ2) is 5.44. The van der Waals surface area contributed by atoms with Crippen LogP contribution in [0.2, 0.25) is 0 Å². The number of benzene rings is 1. The standard InChI is InChI=1S/C13H15N3O2/c1-3-10-4-6-11(7-5-10)18-9-13-12(8-17)14-15-16(13)2/h4-8H,3,9H2,1-2H3. The van der Waals surface area contributed by atoms with E-state index in [1.54, 1.807) is 11.7 Å². The molecule has 5 heteroatoms. The largest absolute Gasteiger partial charge is 0.487 e. The van der Waals surface area contributed by atoms with Crippen LogP contribution in [0.25, 0.3) is 0 Å². The Labute approximate surface area is 105 Å². The van der Waals surface area contributed by atoms with Crippen molar-refractivity contribution in [1.82, 2.24) is 15.0 Å². The molecule has 94 valence electrons. The van der Waals surface area contributed by atoms with Crippen molar-refractivity contribution in [2.75, 3.05) is 0 Å². The molecule has 0 aliphatic carbocycles. The normalized spacial score (nSPS) is 10.3. The van der Waals surface area contributed by atoms with Crippen LogP contribution in [-0.4, -0.2) is 21.3 Å². The van der Waals surface area contributed by atoms with Gasteiger partial charge in [0.1, 0.15) is 18.1 Å². The molecule has 0 unspecified atom stereocenters. The fourth-order valence-electron chi connectivity index (χ4n) is 1.62. The average Bonchev–Trinajstić information content (AvgIpc) is 2.77. The highest BCUT2D eigenvalue weighted by Crippen LogP contribution is 2.14. The van der Waals surface area contributed by atoms with Crippen molar-refractivity contribution in [3.63, 3.8) is 0 Å². The van der Waals surface area contributed by atoms with Gasteiger partial charge in [-0.25, -0.2) is 4.68 Å². The van der Waals surface area contributed by atoms with Gasteiger partial charge in [-0.1, -0.05) is 24.3 Å². The first-order chi connectivity index (χ1) is 8.74. The van der Waals surface area contributed by atoms with Crippen LogP contribution in [0.3, 0.4) is 0 Å². The maximum Gasteiger partial charge on any atom is 0.172 e. The first-order valence-electron chi connectivity index (χ1n) is 5.80. The molecule has 0 saturated carbocycles. The van der Waals surface area contributed by atoms with Crippen molar-refractivity contribution < 1.29 is 9.53 Å². The Morgan fingerprint density at radius 2 is 2.06 bits per heavy atom. The van der Waals surface area contributed by atoms with Crippen molar-refractivity contribution in [3.05, 3.63) is 41.2 Å². The highest BCUT2D eigenvalue weighted by Gasteiger charge is 2.10. The Bertz CT molecular complexity index is 532. The summed E-state index contributed by atoms with van der Waals surface area (Å²) >= 11 is 0. The van der Waals surface area contributed by atoms with Gasteiger partial charge in [-0.2, -0.15) is 0 Å². The van der Waals surface area contributed by atoms with E-state index in [4.69, 9.17) is 4.74 Å². The quantitative estimate of drug-likeness (QED) is 0.753. The van der Waals surface area contributed by atoms with Gasteiger partial charge < -0.3 is 4.74 Å². The molecule has 0 spiro atoms. The van der Waals surface area contributed by atoms with Gasteiger partial charge in [0.15, 0.2) is 12.0 Å². The maximum absolute atomic E-state index is 10.8. The molecule has 2 rings (SSSR count). The number of aldehydes is 1. The van der Waals surface area contributed by atoms with Gasteiger partial charge in [0.25, 0.3) is 0 Å². The summed E-state index contributed by atoms with van der Waals surface area (Å²) in [6.45, 7) is 2.39. The summed E-state index contributed by atoms with van der Waals surface area (Å²) in [5.74, 6) is 0.769. The molecule has 18 heavy (non-hydrogen) atoms. The number of carbonyl (C=O) groups excluding carboxylic acids is 1. The molecule has 0 aliphatic heterocycles. The van der Waals surface area contributed by atoms with E-state index in [0.717, 1.165) is 12.2 Å². The van der Waals surface area contributed by atoms with Crippen LogP contribution < -0.4 is 4.74 Å². The minimum atomic E-state index is 0.281. The molecule has 1 aromatic heterocycles. The van der Waals surface area contributed by atoms with Crippen LogP contribution in [0.4, 0.5) is 0 Å². The SMILES string of the molecule is CCc1ccc(OCc2c(C=O)nnn2C)cc1. The lowest BCUT2D eigenvalue weighted by Crippen LogP contribution is -2.05. The number of nitrogens with zero attached hydrogens (tertiary/aromatic N) is 3. The van der Waals surface area contributed by atoms with Crippen molar-refractivity contribution >= 4 is 6.29 Å². The molecule has 2 aromatic rings. The zero-order valence-corrected chi connectivity index (χ0v) is 10.5. The number of hydrogen-bond donors (Lipinski definition) is 0. The number of carbonyl (C=O) groups is 1. The monoisotopic (exact) mass is 245 g/mol. The van der Waals surface area contributed by atoms with E-state index in [1.807, 2.05) is 24.3 Å². The van der Waals surface area contributed by atoms with Gasteiger partial charge in [-0.3, -0.25) is 4.79 Å². The van der Waals surface area contributed by atoms with Crippen molar-refractivity contribution in [1.29, 1.82) is 0 Å². The summed E-state index contributed by atoms with van der Waals surface area (Å²) in [5.41, 5.74) is 2.25. The number of hydrogen-bond acceptors (Lipinski definition) is 4. The smallest absolute Gasteiger partial charge is 0.172 e. The maximum atomic E-state index is 10.8.